The highest BCUT2D eigenvalue weighted by Gasteiger charge is 2.75. The van der Waals surface area contributed by atoms with Crippen molar-refractivity contribution >= 4 is 11.6 Å². The molecule has 1 aromatic carbocycles. The van der Waals surface area contributed by atoms with Crippen LogP contribution in [0.1, 0.15) is 71.3 Å². The quantitative estimate of drug-likeness (QED) is 0.629. The third-order valence-corrected chi connectivity index (χ3v) is 10.0. The molecule has 4 fully saturated rings. The summed E-state index contributed by atoms with van der Waals surface area (Å²) in [5.74, 6) is 1.73. The van der Waals surface area contributed by atoms with Gasteiger partial charge in [-0.15, -0.1) is 0 Å². The summed E-state index contributed by atoms with van der Waals surface area (Å²) >= 11 is 0. The fourth-order valence-electron chi connectivity index (χ4n) is 8.65. The average Bonchev–Trinajstić information content (AvgIpc) is 3.23. The van der Waals surface area contributed by atoms with E-state index < -0.39 is 11.4 Å². The number of carbonyl (C=O) groups excluding carboxylic acids is 2. The van der Waals surface area contributed by atoms with Gasteiger partial charge in [0.25, 0.3) is 0 Å². The van der Waals surface area contributed by atoms with Gasteiger partial charge in [-0.05, 0) is 82.1 Å². The second-order valence-electron chi connectivity index (χ2n) is 11.3. The largest absolute Gasteiger partial charge is 0.339 e. The first-order chi connectivity index (χ1) is 15.3. The normalized spacial score (nSPS) is 47.2. The number of hydrogen-bond donors (Lipinski definition) is 0. The predicted molar refractivity (Wildman–Crippen MR) is 121 cm³/mol. The maximum atomic E-state index is 13.4. The number of ether oxygens (including phenoxy) is 2. The number of hydrogen-bond acceptors (Lipinski definition) is 4. The van der Waals surface area contributed by atoms with Gasteiger partial charge in [0.1, 0.15) is 0 Å². The Bertz CT molecular complexity index is 998. The summed E-state index contributed by atoms with van der Waals surface area (Å²) in [5.41, 5.74) is 1.27. The Kier molecular flexibility index (Phi) is 4.46. The van der Waals surface area contributed by atoms with Crippen LogP contribution in [0, 0.1) is 29.1 Å². The van der Waals surface area contributed by atoms with Gasteiger partial charge in [0, 0.05) is 17.4 Å². The Labute approximate surface area is 190 Å². The molecule has 0 spiro atoms. The predicted octanol–water partition coefficient (Wildman–Crippen LogP) is 5.35. The molecule has 0 radical (unpaired) electrons. The number of rotatable bonds is 2. The van der Waals surface area contributed by atoms with Crippen LogP contribution >= 0.6 is 0 Å². The molecule has 1 saturated heterocycles. The third kappa shape index (κ3) is 2.57. The lowest BCUT2D eigenvalue weighted by molar-refractivity contribution is -0.226. The van der Waals surface area contributed by atoms with Gasteiger partial charge in [0.05, 0.1) is 6.10 Å². The van der Waals surface area contributed by atoms with Crippen molar-refractivity contribution in [3.05, 3.63) is 47.5 Å². The van der Waals surface area contributed by atoms with Crippen LogP contribution in [0.25, 0.3) is 0 Å². The van der Waals surface area contributed by atoms with Crippen LogP contribution < -0.4 is 0 Å². The second-order valence-corrected chi connectivity index (χ2v) is 11.3. The number of benzene rings is 1. The summed E-state index contributed by atoms with van der Waals surface area (Å²) in [7, 11) is 0. The van der Waals surface area contributed by atoms with Crippen molar-refractivity contribution in [1.29, 1.82) is 0 Å². The second kappa shape index (κ2) is 6.87. The smallest absolute Gasteiger partial charge is 0.193 e. The van der Waals surface area contributed by atoms with E-state index in [9.17, 15) is 9.59 Å². The molecule has 3 saturated carbocycles. The van der Waals surface area contributed by atoms with Crippen molar-refractivity contribution in [2.75, 3.05) is 0 Å². The van der Waals surface area contributed by atoms with E-state index in [1.165, 1.54) is 5.57 Å². The molecular weight excluding hydrogens is 400 g/mol. The highest BCUT2D eigenvalue weighted by molar-refractivity contribution is 5.91. The molecule has 1 heterocycles. The summed E-state index contributed by atoms with van der Waals surface area (Å²) < 4.78 is 13.5. The Balaban J connectivity index is 1.36. The van der Waals surface area contributed by atoms with E-state index in [1.807, 2.05) is 43.3 Å². The standard InChI is InChI=1S/C28H34O4/c1-17(29)28-25(31-27(3,32-28)19-7-5-4-6-8-19)16-24-23-11-9-18-15-20(30)10-12-21(18)22(23)13-14-26(24,28)2/h4-8,15,21-25H,9-14,16H2,1-3H3/t21-,22+,23+,24+,25+,26-,27+,28-/m0/s1. The highest BCUT2D eigenvalue weighted by atomic mass is 16.8. The van der Waals surface area contributed by atoms with Crippen molar-refractivity contribution in [1.82, 2.24) is 0 Å². The fourth-order valence-corrected chi connectivity index (χ4v) is 8.65. The molecule has 32 heavy (non-hydrogen) atoms. The van der Waals surface area contributed by atoms with Crippen LogP contribution in [-0.2, 0) is 24.8 Å². The summed E-state index contributed by atoms with van der Waals surface area (Å²) in [6.45, 7) is 6.00. The molecule has 0 aromatic heterocycles. The molecule has 4 aliphatic carbocycles. The number of allylic oxidation sites excluding steroid dienone is 1. The molecule has 0 unspecified atom stereocenters. The zero-order valence-electron chi connectivity index (χ0n) is 19.4. The number of carbonyl (C=O) groups is 2. The third-order valence-electron chi connectivity index (χ3n) is 10.0. The zero-order valence-corrected chi connectivity index (χ0v) is 19.4. The first kappa shape index (κ1) is 20.8. The van der Waals surface area contributed by atoms with Crippen LogP contribution in [0.2, 0.25) is 0 Å². The van der Waals surface area contributed by atoms with Gasteiger partial charge in [-0.25, -0.2) is 0 Å². The van der Waals surface area contributed by atoms with Gasteiger partial charge < -0.3 is 9.47 Å². The van der Waals surface area contributed by atoms with Crippen molar-refractivity contribution in [2.45, 2.75) is 83.2 Å². The molecule has 8 atom stereocenters. The van der Waals surface area contributed by atoms with Gasteiger partial charge in [-0.2, -0.15) is 0 Å². The first-order valence-electron chi connectivity index (χ1n) is 12.5. The Hall–Kier alpha value is -1.78. The molecule has 0 N–H and O–H groups in total. The van der Waals surface area contributed by atoms with Crippen molar-refractivity contribution < 1.29 is 19.1 Å². The number of Topliss-reactive ketones (excluding diaryl/α,β-unsaturated/α-hetero) is 1. The van der Waals surface area contributed by atoms with Gasteiger partial charge in [0.15, 0.2) is 23.0 Å². The minimum atomic E-state index is -0.894. The van der Waals surface area contributed by atoms with Gasteiger partial charge in [-0.1, -0.05) is 42.8 Å². The van der Waals surface area contributed by atoms with E-state index in [4.69, 9.17) is 9.47 Å². The van der Waals surface area contributed by atoms with E-state index in [0.717, 1.165) is 44.1 Å². The van der Waals surface area contributed by atoms with E-state index in [2.05, 4.69) is 6.92 Å². The van der Waals surface area contributed by atoms with Crippen LogP contribution in [0.4, 0.5) is 0 Å². The maximum absolute atomic E-state index is 13.4. The molecule has 6 rings (SSSR count). The lowest BCUT2D eigenvalue weighted by atomic mass is 9.50. The minimum absolute atomic E-state index is 0.116. The van der Waals surface area contributed by atoms with Crippen molar-refractivity contribution in [2.24, 2.45) is 29.1 Å². The molecule has 170 valence electrons. The molecule has 4 nitrogen and oxygen atoms in total. The SMILES string of the molecule is CC(=O)[C@]12O[C@](C)(c3ccccc3)O[C@@H]1C[C@@H]1[C@@H]3CCC4=CC(=O)CC[C@@H]4[C@H]3CC[C@@]12C. The molecule has 5 aliphatic rings. The van der Waals surface area contributed by atoms with Gasteiger partial charge in [0.2, 0.25) is 0 Å². The molecule has 0 bridgehead atoms. The molecule has 4 heteroatoms. The van der Waals surface area contributed by atoms with Crippen molar-refractivity contribution in [3.63, 3.8) is 0 Å². The fraction of sp³-hybridized carbons (Fsp3) is 0.643. The van der Waals surface area contributed by atoms with E-state index >= 15 is 0 Å². The molecule has 1 aliphatic heterocycles. The summed E-state index contributed by atoms with van der Waals surface area (Å²) in [6.07, 6.45) is 8.60. The zero-order chi connectivity index (χ0) is 22.3. The topological polar surface area (TPSA) is 52.6 Å². The van der Waals surface area contributed by atoms with E-state index in [0.29, 0.717) is 35.9 Å². The lowest BCUT2D eigenvalue weighted by Gasteiger charge is -2.55. The van der Waals surface area contributed by atoms with Crippen molar-refractivity contribution in [3.8, 4) is 0 Å². The lowest BCUT2D eigenvalue weighted by Crippen LogP contribution is -2.59. The van der Waals surface area contributed by atoms with Gasteiger partial charge in [-0.3, -0.25) is 9.59 Å². The molecule has 0 amide bonds. The Morgan fingerprint density at radius 3 is 2.56 bits per heavy atom. The summed E-state index contributed by atoms with van der Waals surface area (Å²) in [4.78, 5) is 25.4. The number of fused-ring (bicyclic) bond motifs is 7. The van der Waals surface area contributed by atoms with E-state index in [-0.39, 0.29) is 17.3 Å². The Morgan fingerprint density at radius 1 is 1.03 bits per heavy atom. The monoisotopic (exact) mass is 434 g/mol. The molecule has 1 aromatic rings. The highest BCUT2D eigenvalue weighted by Crippen LogP contribution is 2.69. The number of ketones is 2. The van der Waals surface area contributed by atoms with Crippen LogP contribution in [0.15, 0.2) is 42.0 Å². The molecular formula is C28H34O4. The minimum Gasteiger partial charge on any atom is -0.339 e. The van der Waals surface area contributed by atoms with Gasteiger partial charge >= 0.3 is 0 Å². The Morgan fingerprint density at radius 2 is 1.81 bits per heavy atom. The van der Waals surface area contributed by atoms with Crippen LogP contribution in [0.5, 0.6) is 0 Å². The maximum Gasteiger partial charge on any atom is 0.193 e. The van der Waals surface area contributed by atoms with Crippen LogP contribution in [0.3, 0.4) is 0 Å². The van der Waals surface area contributed by atoms with Crippen LogP contribution in [-0.4, -0.2) is 23.3 Å². The average molecular weight is 435 g/mol. The van der Waals surface area contributed by atoms with E-state index in [1.54, 1.807) is 6.92 Å². The summed E-state index contributed by atoms with van der Waals surface area (Å²) in [5, 5.41) is 0. The first-order valence-corrected chi connectivity index (χ1v) is 12.5. The summed E-state index contributed by atoms with van der Waals surface area (Å²) in [6, 6.07) is 10.1.